The van der Waals surface area contributed by atoms with E-state index in [0.29, 0.717) is 16.4 Å². The van der Waals surface area contributed by atoms with Crippen LogP contribution in [0.2, 0.25) is 0 Å². The van der Waals surface area contributed by atoms with Crippen molar-refractivity contribution in [3.8, 4) is 11.9 Å². The van der Waals surface area contributed by atoms with Crippen molar-refractivity contribution in [3.63, 3.8) is 0 Å². The van der Waals surface area contributed by atoms with Crippen LogP contribution in [-0.4, -0.2) is 26.2 Å². The Hall–Kier alpha value is -2.07. The molecule has 0 amide bonds. The van der Waals surface area contributed by atoms with Gasteiger partial charge in [0.05, 0.1) is 5.69 Å². The number of hydrogen-bond acceptors (Lipinski definition) is 6. The molecule has 0 aliphatic rings. The molecule has 2 aromatic heterocycles. The van der Waals surface area contributed by atoms with Gasteiger partial charge in [-0.15, -0.1) is 16.9 Å². The van der Waals surface area contributed by atoms with Crippen molar-refractivity contribution < 1.29 is 0 Å². The van der Waals surface area contributed by atoms with Crippen molar-refractivity contribution >= 4 is 17.6 Å². The summed E-state index contributed by atoms with van der Waals surface area (Å²) in [4.78, 5) is 0. The molecule has 0 atom stereocenters. The second-order valence-corrected chi connectivity index (χ2v) is 4.12. The van der Waals surface area contributed by atoms with Gasteiger partial charge in [-0.2, -0.15) is 20.1 Å². The van der Waals surface area contributed by atoms with Crippen LogP contribution >= 0.6 is 11.8 Å². The Morgan fingerprint density at radius 1 is 1.41 bits per heavy atom. The van der Waals surface area contributed by atoms with E-state index in [0.717, 1.165) is 5.69 Å². The Morgan fingerprint density at radius 3 is 2.65 bits per heavy atom. The standard InChI is InChI=1S/C10H10N6S/c1-6-3-4-8(14-13-6)16-9(12)7(5-11)10(15-16)17-2/h3-4H,12H2,1-2H3. The summed E-state index contributed by atoms with van der Waals surface area (Å²) in [5.74, 6) is 0.792. The Morgan fingerprint density at radius 2 is 2.18 bits per heavy atom. The minimum Gasteiger partial charge on any atom is -0.382 e. The van der Waals surface area contributed by atoms with Gasteiger partial charge in [0.25, 0.3) is 0 Å². The number of anilines is 1. The second kappa shape index (κ2) is 4.43. The molecule has 0 unspecified atom stereocenters. The van der Waals surface area contributed by atoms with Crippen molar-refractivity contribution in [2.45, 2.75) is 11.9 Å². The number of nitrogen functional groups attached to an aromatic ring is 1. The van der Waals surface area contributed by atoms with Gasteiger partial charge in [0.1, 0.15) is 22.5 Å². The zero-order valence-corrected chi connectivity index (χ0v) is 10.2. The van der Waals surface area contributed by atoms with E-state index in [1.165, 1.54) is 16.4 Å². The normalized spacial score (nSPS) is 10.2. The molecule has 2 heterocycles. The molecule has 0 aliphatic carbocycles. The number of nitrogens with zero attached hydrogens (tertiary/aromatic N) is 5. The number of aryl methyl sites for hydroxylation is 1. The Labute approximate surface area is 102 Å². The van der Waals surface area contributed by atoms with Crippen molar-refractivity contribution in [2.75, 3.05) is 12.0 Å². The van der Waals surface area contributed by atoms with E-state index < -0.39 is 0 Å². The molecule has 6 nitrogen and oxygen atoms in total. The fraction of sp³-hybridized carbons (Fsp3) is 0.200. The van der Waals surface area contributed by atoms with Crippen LogP contribution in [0.3, 0.4) is 0 Å². The van der Waals surface area contributed by atoms with Gasteiger partial charge in [-0.1, -0.05) is 0 Å². The van der Waals surface area contributed by atoms with Crippen LogP contribution in [0.1, 0.15) is 11.3 Å². The van der Waals surface area contributed by atoms with Gasteiger partial charge in [-0.25, -0.2) is 0 Å². The highest BCUT2D eigenvalue weighted by Gasteiger charge is 2.16. The maximum Gasteiger partial charge on any atom is 0.178 e. The number of nitriles is 1. The lowest BCUT2D eigenvalue weighted by atomic mass is 10.3. The van der Waals surface area contributed by atoms with Gasteiger partial charge in [-0.05, 0) is 25.3 Å². The van der Waals surface area contributed by atoms with Crippen LogP contribution in [0.25, 0.3) is 5.82 Å². The molecule has 2 rings (SSSR count). The summed E-state index contributed by atoms with van der Waals surface area (Å²) in [5.41, 5.74) is 7.04. The van der Waals surface area contributed by atoms with Gasteiger partial charge in [0.15, 0.2) is 5.82 Å². The molecule has 86 valence electrons. The minimum atomic E-state index is 0.287. The lowest BCUT2D eigenvalue weighted by molar-refractivity contribution is 0.788. The lowest BCUT2D eigenvalue weighted by Crippen LogP contribution is -2.05. The molecule has 0 fully saturated rings. The average molecular weight is 246 g/mol. The van der Waals surface area contributed by atoms with Crippen molar-refractivity contribution in [3.05, 3.63) is 23.4 Å². The van der Waals surface area contributed by atoms with Crippen LogP contribution < -0.4 is 5.73 Å². The summed E-state index contributed by atoms with van der Waals surface area (Å²) in [5, 5.41) is 21.7. The number of hydrogen-bond donors (Lipinski definition) is 1. The fourth-order valence-electron chi connectivity index (χ4n) is 1.34. The fourth-order valence-corrected chi connectivity index (χ4v) is 1.86. The number of aromatic nitrogens is 4. The van der Waals surface area contributed by atoms with Gasteiger partial charge in [0, 0.05) is 0 Å². The molecule has 0 aliphatic heterocycles. The third kappa shape index (κ3) is 1.94. The second-order valence-electron chi connectivity index (χ2n) is 3.33. The molecule has 17 heavy (non-hydrogen) atoms. The Kier molecular flexibility index (Phi) is 2.97. The number of nitrogens with two attached hydrogens (primary N) is 1. The molecule has 2 aromatic rings. The van der Waals surface area contributed by atoms with Crippen LogP contribution in [0.4, 0.5) is 5.82 Å². The molecule has 2 N–H and O–H groups in total. The van der Waals surface area contributed by atoms with Gasteiger partial charge < -0.3 is 5.73 Å². The SMILES string of the molecule is CSc1nn(-c2ccc(C)nn2)c(N)c1C#N. The monoisotopic (exact) mass is 246 g/mol. The smallest absolute Gasteiger partial charge is 0.178 e. The Bertz CT molecular complexity index is 580. The van der Waals surface area contributed by atoms with E-state index in [9.17, 15) is 0 Å². The Balaban J connectivity index is 2.57. The summed E-state index contributed by atoms with van der Waals surface area (Å²) in [6.45, 7) is 1.84. The largest absolute Gasteiger partial charge is 0.382 e. The van der Waals surface area contributed by atoms with Crippen molar-refractivity contribution in [2.24, 2.45) is 0 Å². The first-order chi connectivity index (χ1) is 8.17. The maximum atomic E-state index is 9.00. The van der Waals surface area contributed by atoms with E-state index >= 15 is 0 Å². The molecule has 7 heteroatoms. The molecular formula is C10H10N6S. The van der Waals surface area contributed by atoms with Gasteiger partial charge in [0.2, 0.25) is 0 Å². The van der Waals surface area contributed by atoms with Crippen LogP contribution in [0, 0.1) is 18.3 Å². The third-order valence-corrected chi connectivity index (χ3v) is 2.87. The molecule has 0 spiro atoms. The third-order valence-electron chi connectivity index (χ3n) is 2.19. The topological polar surface area (TPSA) is 93.4 Å². The first-order valence-corrected chi connectivity index (χ1v) is 6.03. The maximum absolute atomic E-state index is 9.00. The lowest BCUT2D eigenvalue weighted by Gasteiger charge is -2.01. The zero-order valence-electron chi connectivity index (χ0n) is 9.38. The predicted molar refractivity (Wildman–Crippen MR) is 64.8 cm³/mol. The molecular weight excluding hydrogens is 236 g/mol. The van der Waals surface area contributed by atoms with E-state index in [-0.39, 0.29) is 5.82 Å². The average Bonchev–Trinajstić information content (AvgIpc) is 2.66. The van der Waals surface area contributed by atoms with Crippen LogP contribution in [-0.2, 0) is 0 Å². The minimum absolute atomic E-state index is 0.287. The zero-order chi connectivity index (χ0) is 12.4. The van der Waals surface area contributed by atoms with E-state index in [1.807, 2.05) is 25.3 Å². The number of rotatable bonds is 2. The van der Waals surface area contributed by atoms with E-state index in [2.05, 4.69) is 15.3 Å². The van der Waals surface area contributed by atoms with Crippen LogP contribution in [0.5, 0.6) is 0 Å². The first-order valence-electron chi connectivity index (χ1n) is 4.80. The van der Waals surface area contributed by atoms with Crippen molar-refractivity contribution in [1.82, 2.24) is 20.0 Å². The quantitative estimate of drug-likeness (QED) is 0.799. The summed E-state index contributed by atoms with van der Waals surface area (Å²) in [6.07, 6.45) is 1.84. The molecule has 0 saturated carbocycles. The highest BCUT2D eigenvalue weighted by atomic mass is 32.2. The van der Waals surface area contributed by atoms with Crippen molar-refractivity contribution in [1.29, 1.82) is 5.26 Å². The molecule has 0 radical (unpaired) electrons. The molecule has 0 aromatic carbocycles. The van der Waals surface area contributed by atoms with E-state index in [4.69, 9.17) is 11.0 Å². The van der Waals surface area contributed by atoms with Gasteiger partial charge in [-0.3, -0.25) is 0 Å². The number of thioether (sulfide) groups is 1. The predicted octanol–water partition coefficient (Wildman–Crippen LogP) is 1.15. The molecule has 0 bridgehead atoms. The highest BCUT2D eigenvalue weighted by molar-refractivity contribution is 7.98. The van der Waals surface area contributed by atoms with Gasteiger partial charge >= 0.3 is 0 Å². The van der Waals surface area contributed by atoms with E-state index in [1.54, 1.807) is 6.07 Å². The highest BCUT2D eigenvalue weighted by Crippen LogP contribution is 2.25. The first kappa shape index (κ1) is 11.4. The molecule has 0 saturated heterocycles. The van der Waals surface area contributed by atoms with Crippen LogP contribution in [0.15, 0.2) is 17.2 Å². The summed E-state index contributed by atoms with van der Waals surface area (Å²) >= 11 is 1.37. The summed E-state index contributed by atoms with van der Waals surface area (Å²) < 4.78 is 1.43. The summed E-state index contributed by atoms with van der Waals surface area (Å²) in [7, 11) is 0. The summed E-state index contributed by atoms with van der Waals surface area (Å²) in [6, 6.07) is 5.61.